The van der Waals surface area contributed by atoms with Crippen molar-refractivity contribution in [2.45, 2.75) is 72.0 Å². The summed E-state index contributed by atoms with van der Waals surface area (Å²) in [6, 6.07) is 6.31. The highest BCUT2D eigenvalue weighted by molar-refractivity contribution is 5.44. The maximum atomic E-state index is 10.3. The fraction of sp³-hybridized carbons (Fsp3) is 0.667. The standard InChI is InChI=1S/C18H28O2/c1-7-14-16(19)13-10-12(8-9-15(13)20-14)18(5,6)11-17(2,3)4/h8-10,14,16,19H,7,11H2,1-6H3. The first kappa shape index (κ1) is 15.4. The summed E-state index contributed by atoms with van der Waals surface area (Å²) < 4.78 is 5.79. The Kier molecular flexibility index (Phi) is 3.90. The van der Waals surface area contributed by atoms with Gasteiger partial charge in [-0.1, -0.05) is 47.6 Å². The van der Waals surface area contributed by atoms with Gasteiger partial charge in [0.2, 0.25) is 0 Å². The summed E-state index contributed by atoms with van der Waals surface area (Å²) in [5.74, 6) is 0.847. The molecule has 0 aromatic heterocycles. The molecule has 2 unspecified atom stereocenters. The monoisotopic (exact) mass is 276 g/mol. The van der Waals surface area contributed by atoms with Gasteiger partial charge in [-0.15, -0.1) is 0 Å². The Labute approximate surface area is 123 Å². The molecule has 1 aromatic rings. The van der Waals surface area contributed by atoms with Crippen LogP contribution in [0.4, 0.5) is 0 Å². The van der Waals surface area contributed by atoms with E-state index < -0.39 is 6.10 Å². The van der Waals surface area contributed by atoms with Crippen LogP contribution in [0.2, 0.25) is 0 Å². The van der Waals surface area contributed by atoms with Crippen LogP contribution in [-0.4, -0.2) is 11.2 Å². The van der Waals surface area contributed by atoms with Gasteiger partial charge in [-0.05, 0) is 41.4 Å². The van der Waals surface area contributed by atoms with Crippen molar-refractivity contribution in [2.24, 2.45) is 5.41 Å². The number of aliphatic hydroxyl groups excluding tert-OH is 1. The van der Waals surface area contributed by atoms with E-state index in [9.17, 15) is 5.11 Å². The third-order valence-electron chi connectivity index (χ3n) is 4.12. The van der Waals surface area contributed by atoms with Crippen LogP contribution in [0.5, 0.6) is 5.75 Å². The molecule has 112 valence electrons. The fourth-order valence-corrected chi connectivity index (χ4v) is 3.47. The summed E-state index contributed by atoms with van der Waals surface area (Å²) in [6.45, 7) is 13.4. The van der Waals surface area contributed by atoms with Crippen molar-refractivity contribution >= 4 is 0 Å². The predicted octanol–water partition coefficient (Wildman–Crippen LogP) is 4.60. The molecule has 1 aliphatic rings. The Hall–Kier alpha value is -1.02. The highest BCUT2D eigenvalue weighted by Gasteiger charge is 2.34. The molecule has 0 aliphatic carbocycles. The van der Waals surface area contributed by atoms with E-state index in [1.807, 2.05) is 13.0 Å². The van der Waals surface area contributed by atoms with Crippen LogP contribution in [0.15, 0.2) is 18.2 Å². The molecule has 2 heteroatoms. The molecule has 1 heterocycles. The first-order chi connectivity index (χ1) is 9.14. The summed E-state index contributed by atoms with van der Waals surface area (Å²) in [7, 11) is 0. The summed E-state index contributed by atoms with van der Waals surface area (Å²) in [6.07, 6.45) is 1.36. The molecule has 1 aliphatic heterocycles. The molecule has 0 bridgehead atoms. The normalized spacial score (nSPS) is 22.6. The zero-order valence-corrected chi connectivity index (χ0v) is 13.7. The summed E-state index contributed by atoms with van der Waals surface area (Å²) in [5, 5.41) is 10.3. The van der Waals surface area contributed by atoms with Gasteiger partial charge in [0.1, 0.15) is 18.0 Å². The van der Waals surface area contributed by atoms with Crippen molar-refractivity contribution in [1.82, 2.24) is 0 Å². The zero-order chi connectivity index (χ0) is 15.1. The molecule has 0 amide bonds. The number of hydrogen-bond acceptors (Lipinski definition) is 2. The number of fused-ring (bicyclic) bond motifs is 1. The lowest BCUT2D eigenvalue weighted by Crippen LogP contribution is -2.25. The van der Waals surface area contributed by atoms with E-state index in [0.717, 1.165) is 24.2 Å². The molecule has 2 rings (SSSR count). The molecule has 0 fully saturated rings. The van der Waals surface area contributed by atoms with Crippen molar-refractivity contribution in [3.8, 4) is 5.75 Å². The van der Waals surface area contributed by atoms with Crippen LogP contribution in [0.3, 0.4) is 0 Å². The van der Waals surface area contributed by atoms with Gasteiger partial charge >= 0.3 is 0 Å². The number of ether oxygens (including phenoxy) is 1. The number of benzene rings is 1. The lowest BCUT2D eigenvalue weighted by Gasteiger charge is -2.33. The molecule has 20 heavy (non-hydrogen) atoms. The van der Waals surface area contributed by atoms with Crippen LogP contribution in [0.25, 0.3) is 0 Å². The third kappa shape index (κ3) is 3.01. The molecule has 0 saturated heterocycles. The van der Waals surface area contributed by atoms with Gasteiger partial charge in [-0.2, -0.15) is 0 Å². The quantitative estimate of drug-likeness (QED) is 0.874. The maximum Gasteiger partial charge on any atom is 0.129 e. The van der Waals surface area contributed by atoms with Gasteiger partial charge in [0.25, 0.3) is 0 Å². The van der Waals surface area contributed by atoms with E-state index in [1.165, 1.54) is 5.56 Å². The Morgan fingerprint density at radius 3 is 2.35 bits per heavy atom. The topological polar surface area (TPSA) is 29.5 Å². The van der Waals surface area contributed by atoms with Crippen molar-refractivity contribution < 1.29 is 9.84 Å². The Balaban J connectivity index is 2.31. The molecule has 1 aromatic carbocycles. The highest BCUT2D eigenvalue weighted by Crippen LogP contribution is 2.42. The lowest BCUT2D eigenvalue weighted by molar-refractivity contribution is 0.0653. The molecule has 0 saturated carbocycles. The lowest BCUT2D eigenvalue weighted by atomic mass is 9.72. The second-order valence-corrected chi connectivity index (χ2v) is 7.88. The molecule has 1 N–H and O–H groups in total. The second-order valence-electron chi connectivity index (χ2n) is 7.88. The van der Waals surface area contributed by atoms with Crippen molar-refractivity contribution in [2.75, 3.05) is 0 Å². The zero-order valence-electron chi connectivity index (χ0n) is 13.7. The minimum atomic E-state index is -0.486. The Morgan fingerprint density at radius 1 is 1.15 bits per heavy atom. The highest BCUT2D eigenvalue weighted by atomic mass is 16.5. The molecule has 0 radical (unpaired) electrons. The summed E-state index contributed by atoms with van der Waals surface area (Å²) in [4.78, 5) is 0. The molecule has 0 spiro atoms. The minimum absolute atomic E-state index is 0.0917. The van der Waals surface area contributed by atoms with E-state index in [1.54, 1.807) is 0 Å². The number of rotatable bonds is 3. The van der Waals surface area contributed by atoms with E-state index in [2.05, 4.69) is 46.8 Å². The van der Waals surface area contributed by atoms with Gasteiger partial charge in [0.05, 0.1) is 0 Å². The maximum absolute atomic E-state index is 10.3. The number of hydrogen-bond donors (Lipinski definition) is 1. The summed E-state index contributed by atoms with van der Waals surface area (Å²) >= 11 is 0. The van der Waals surface area contributed by atoms with Crippen LogP contribution >= 0.6 is 0 Å². The number of aliphatic hydroxyl groups is 1. The minimum Gasteiger partial charge on any atom is -0.487 e. The molecule has 2 atom stereocenters. The first-order valence-corrected chi connectivity index (χ1v) is 7.63. The predicted molar refractivity (Wildman–Crippen MR) is 83.2 cm³/mol. The average molecular weight is 276 g/mol. The second kappa shape index (κ2) is 5.07. The van der Waals surface area contributed by atoms with Gasteiger partial charge in [-0.25, -0.2) is 0 Å². The van der Waals surface area contributed by atoms with Crippen LogP contribution < -0.4 is 4.74 Å². The van der Waals surface area contributed by atoms with Crippen LogP contribution in [0.1, 0.15) is 71.6 Å². The first-order valence-electron chi connectivity index (χ1n) is 7.63. The molecular weight excluding hydrogens is 248 g/mol. The van der Waals surface area contributed by atoms with Gasteiger partial charge in [0, 0.05) is 5.56 Å². The van der Waals surface area contributed by atoms with E-state index in [4.69, 9.17) is 4.74 Å². The van der Waals surface area contributed by atoms with Gasteiger partial charge < -0.3 is 9.84 Å². The largest absolute Gasteiger partial charge is 0.487 e. The fourth-order valence-electron chi connectivity index (χ4n) is 3.47. The molecule has 2 nitrogen and oxygen atoms in total. The van der Waals surface area contributed by atoms with E-state index >= 15 is 0 Å². The van der Waals surface area contributed by atoms with E-state index in [-0.39, 0.29) is 16.9 Å². The van der Waals surface area contributed by atoms with Crippen LogP contribution in [-0.2, 0) is 5.41 Å². The SMILES string of the molecule is CCC1Oc2ccc(C(C)(C)CC(C)(C)C)cc2C1O. The third-order valence-corrected chi connectivity index (χ3v) is 4.12. The van der Waals surface area contributed by atoms with E-state index in [0.29, 0.717) is 0 Å². The Morgan fingerprint density at radius 2 is 1.80 bits per heavy atom. The van der Waals surface area contributed by atoms with Gasteiger partial charge in [0.15, 0.2) is 0 Å². The molecular formula is C18H28O2. The summed E-state index contributed by atoms with van der Waals surface area (Å²) in [5.41, 5.74) is 2.61. The van der Waals surface area contributed by atoms with Crippen molar-refractivity contribution in [1.29, 1.82) is 0 Å². The van der Waals surface area contributed by atoms with Crippen molar-refractivity contribution in [3.05, 3.63) is 29.3 Å². The van der Waals surface area contributed by atoms with Gasteiger partial charge in [-0.3, -0.25) is 0 Å². The van der Waals surface area contributed by atoms with Crippen LogP contribution in [0, 0.1) is 5.41 Å². The smallest absolute Gasteiger partial charge is 0.129 e. The Bertz CT molecular complexity index is 483. The average Bonchev–Trinajstić information content (AvgIpc) is 2.63. The van der Waals surface area contributed by atoms with Crippen molar-refractivity contribution in [3.63, 3.8) is 0 Å².